The standard InChI is InChI=1S/C17H24N4/c1-5-21(6-2)16-12-15(14-10-8-7-9-11-14)19-17(20-16)18-13(3)4/h7-13H,5-6H2,1-4H3,(H,18,19,20). The van der Waals surface area contributed by atoms with Crippen LogP contribution in [0.4, 0.5) is 11.8 Å². The summed E-state index contributed by atoms with van der Waals surface area (Å²) in [7, 11) is 0. The zero-order valence-electron chi connectivity index (χ0n) is 13.3. The summed E-state index contributed by atoms with van der Waals surface area (Å²) in [5.74, 6) is 1.66. The summed E-state index contributed by atoms with van der Waals surface area (Å²) in [4.78, 5) is 11.5. The van der Waals surface area contributed by atoms with E-state index >= 15 is 0 Å². The molecule has 0 amide bonds. The van der Waals surface area contributed by atoms with Gasteiger partial charge in [0.15, 0.2) is 0 Å². The third kappa shape index (κ3) is 3.94. The first kappa shape index (κ1) is 15.3. The van der Waals surface area contributed by atoms with Gasteiger partial charge >= 0.3 is 0 Å². The van der Waals surface area contributed by atoms with E-state index < -0.39 is 0 Å². The SMILES string of the molecule is CCN(CC)c1cc(-c2ccccc2)nc(NC(C)C)n1. The van der Waals surface area contributed by atoms with Crippen LogP contribution in [0.1, 0.15) is 27.7 Å². The number of nitrogens with zero attached hydrogens (tertiary/aromatic N) is 3. The Balaban J connectivity index is 2.46. The Morgan fingerprint density at radius 1 is 1.05 bits per heavy atom. The second-order valence-electron chi connectivity index (χ2n) is 5.27. The van der Waals surface area contributed by atoms with Crippen molar-refractivity contribution >= 4 is 11.8 Å². The summed E-state index contributed by atoms with van der Waals surface area (Å²) in [6.07, 6.45) is 0. The fourth-order valence-electron chi connectivity index (χ4n) is 2.22. The summed E-state index contributed by atoms with van der Waals surface area (Å²) >= 11 is 0. The molecule has 0 aliphatic rings. The fraction of sp³-hybridized carbons (Fsp3) is 0.412. The van der Waals surface area contributed by atoms with E-state index in [9.17, 15) is 0 Å². The van der Waals surface area contributed by atoms with Gasteiger partial charge in [-0.3, -0.25) is 0 Å². The van der Waals surface area contributed by atoms with E-state index in [0.29, 0.717) is 12.0 Å². The first-order valence-electron chi connectivity index (χ1n) is 7.60. The topological polar surface area (TPSA) is 41.1 Å². The monoisotopic (exact) mass is 284 g/mol. The average molecular weight is 284 g/mol. The largest absolute Gasteiger partial charge is 0.357 e. The molecule has 0 spiro atoms. The molecule has 2 rings (SSSR count). The molecule has 0 aliphatic heterocycles. The summed E-state index contributed by atoms with van der Waals surface area (Å²) in [5, 5.41) is 3.31. The minimum absolute atomic E-state index is 0.306. The van der Waals surface area contributed by atoms with Gasteiger partial charge in [-0.2, -0.15) is 4.98 Å². The van der Waals surface area contributed by atoms with Gasteiger partial charge in [0.25, 0.3) is 0 Å². The second-order valence-corrected chi connectivity index (χ2v) is 5.27. The molecule has 4 heteroatoms. The Hall–Kier alpha value is -2.10. The quantitative estimate of drug-likeness (QED) is 0.875. The summed E-state index contributed by atoms with van der Waals surface area (Å²) in [6.45, 7) is 10.3. The minimum atomic E-state index is 0.306. The lowest BCUT2D eigenvalue weighted by molar-refractivity contribution is 0.831. The van der Waals surface area contributed by atoms with Crippen LogP contribution in [-0.2, 0) is 0 Å². The van der Waals surface area contributed by atoms with Gasteiger partial charge in [-0.05, 0) is 27.7 Å². The van der Waals surface area contributed by atoms with E-state index in [1.165, 1.54) is 0 Å². The molecular formula is C17H24N4. The van der Waals surface area contributed by atoms with Gasteiger partial charge in [0.05, 0.1) is 5.69 Å². The van der Waals surface area contributed by atoms with Crippen molar-refractivity contribution < 1.29 is 0 Å². The summed E-state index contributed by atoms with van der Waals surface area (Å²) in [5.41, 5.74) is 2.07. The molecule has 4 nitrogen and oxygen atoms in total. The molecule has 112 valence electrons. The Labute approximate surface area is 127 Å². The fourth-order valence-corrected chi connectivity index (χ4v) is 2.22. The highest BCUT2D eigenvalue weighted by Gasteiger charge is 2.11. The van der Waals surface area contributed by atoms with Gasteiger partial charge in [0, 0.05) is 30.8 Å². The average Bonchev–Trinajstić information content (AvgIpc) is 2.48. The van der Waals surface area contributed by atoms with Crippen LogP contribution in [0.3, 0.4) is 0 Å². The number of nitrogens with one attached hydrogen (secondary N) is 1. The van der Waals surface area contributed by atoms with E-state index in [0.717, 1.165) is 30.2 Å². The van der Waals surface area contributed by atoms with Crippen LogP contribution in [0.5, 0.6) is 0 Å². The molecule has 0 saturated carbocycles. The Morgan fingerprint density at radius 2 is 1.71 bits per heavy atom. The van der Waals surface area contributed by atoms with Crippen LogP contribution < -0.4 is 10.2 Å². The van der Waals surface area contributed by atoms with Gasteiger partial charge in [0.2, 0.25) is 5.95 Å². The van der Waals surface area contributed by atoms with Gasteiger partial charge < -0.3 is 10.2 Å². The van der Waals surface area contributed by atoms with Gasteiger partial charge in [-0.15, -0.1) is 0 Å². The molecule has 0 unspecified atom stereocenters. The maximum absolute atomic E-state index is 4.65. The first-order valence-corrected chi connectivity index (χ1v) is 7.60. The third-order valence-corrected chi connectivity index (χ3v) is 3.29. The van der Waals surface area contributed by atoms with Crippen molar-refractivity contribution in [1.82, 2.24) is 9.97 Å². The van der Waals surface area contributed by atoms with Crippen LogP contribution in [0.2, 0.25) is 0 Å². The van der Waals surface area contributed by atoms with Crippen molar-refractivity contribution in [2.24, 2.45) is 0 Å². The second kappa shape index (κ2) is 7.07. The van der Waals surface area contributed by atoms with Crippen molar-refractivity contribution in [3.63, 3.8) is 0 Å². The molecule has 1 heterocycles. The molecule has 0 bridgehead atoms. The molecule has 0 saturated heterocycles. The van der Waals surface area contributed by atoms with E-state index in [1.807, 2.05) is 18.2 Å². The van der Waals surface area contributed by atoms with Crippen LogP contribution in [-0.4, -0.2) is 29.1 Å². The normalized spacial score (nSPS) is 10.7. The van der Waals surface area contributed by atoms with Crippen LogP contribution >= 0.6 is 0 Å². The molecule has 0 aliphatic carbocycles. The zero-order chi connectivity index (χ0) is 15.2. The van der Waals surface area contributed by atoms with E-state index in [2.05, 4.69) is 66.1 Å². The highest BCUT2D eigenvalue weighted by Crippen LogP contribution is 2.23. The lowest BCUT2D eigenvalue weighted by Gasteiger charge is -2.21. The molecule has 0 fully saturated rings. The van der Waals surface area contributed by atoms with Crippen molar-refractivity contribution in [2.45, 2.75) is 33.7 Å². The lowest BCUT2D eigenvalue weighted by atomic mass is 10.1. The Morgan fingerprint density at radius 3 is 2.29 bits per heavy atom. The number of aromatic nitrogens is 2. The van der Waals surface area contributed by atoms with Gasteiger partial charge in [0.1, 0.15) is 5.82 Å². The smallest absolute Gasteiger partial charge is 0.225 e. The maximum atomic E-state index is 4.65. The summed E-state index contributed by atoms with van der Waals surface area (Å²) < 4.78 is 0. The number of benzene rings is 1. The number of rotatable bonds is 6. The zero-order valence-corrected chi connectivity index (χ0v) is 13.3. The van der Waals surface area contributed by atoms with Crippen molar-refractivity contribution in [3.8, 4) is 11.3 Å². The summed E-state index contributed by atoms with van der Waals surface area (Å²) in [6, 6.07) is 12.6. The first-order chi connectivity index (χ1) is 10.1. The molecule has 0 radical (unpaired) electrons. The molecule has 1 N–H and O–H groups in total. The third-order valence-electron chi connectivity index (χ3n) is 3.29. The van der Waals surface area contributed by atoms with E-state index in [-0.39, 0.29) is 0 Å². The highest BCUT2D eigenvalue weighted by atomic mass is 15.2. The van der Waals surface area contributed by atoms with Crippen molar-refractivity contribution in [1.29, 1.82) is 0 Å². The predicted molar refractivity (Wildman–Crippen MR) is 89.8 cm³/mol. The Bertz CT molecular complexity index is 562. The van der Waals surface area contributed by atoms with E-state index in [1.54, 1.807) is 0 Å². The predicted octanol–water partition coefficient (Wildman–Crippen LogP) is 3.81. The number of anilines is 2. The van der Waals surface area contributed by atoms with E-state index in [4.69, 9.17) is 0 Å². The molecular weight excluding hydrogens is 260 g/mol. The van der Waals surface area contributed by atoms with Crippen molar-refractivity contribution in [2.75, 3.05) is 23.3 Å². The molecule has 1 aromatic heterocycles. The Kier molecular flexibility index (Phi) is 5.14. The highest BCUT2D eigenvalue weighted by molar-refractivity contribution is 5.64. The molecule has 21 heavy (non-hydrogen) atoms. The van der Waals surface area contributed by atoms with Gasteiger partial charge in [-0.1, -0.05) is 30.3 Å². The van der Waals surface area contributed by atoms with Crippen LogP contribution in [0.15, 0.2) is 36.4 Å². The lowest BCUT2D eigenvalue weighted by Crippen LogP contribution is -2.24. The van der Waals surface area contributed by atoms with Crippen LogP contribution in [0, 0.1) is 0 Å². The number of hydrogen-bond acceptors (Lipinski definition) is 4. The molecule has 0 atom stereocenters. The number of hydrogen-bond donors (Lipinski definition) is 1. The molecule has 2 aromatic rings. The molecule has 1 aromatic carbocycles. The van der Waals surface area contributed by atoms with Crippen molar-refractivity contribution in [3.05, 3.63) is 36.4 Å². The van der Waals surface area contributed by atoms with Gasteiger partial charge in [-0.25, -0.2) is 4.98 Å². The maximum Gasteiger partial charge on any atom is 0.225 e. The van der Waals surface area contributed by atoms with Crippen LogP contribution in [0.25, 0.3) is 11.3 Å². The minimum Gasteiger partial charge on any atom is -0.357 e.